The highest BCUT2D eigenvalue weighted by Gasteiger charge is 2.61. The van der Waals surface area contributed by atoms with Crippen LogP contribution in [-0.4, -0.2) is 152 Å². The Balaban J connectivity index is 0.989. The number of aryl methyl sites for hydroxylation is 1. The zero-order valence-electron chi connectivity index (χ0n) is 43.8. The molecule has 0 radical (unpaired) electrons. The number of tetrazole rings is 1. The van der Waals surface area contributed by atoms with Crippen molar-refractivity contribution < 1.29 is 56.7 Å². The van der Waals surface area contributed by atoms with E-state index in [1.165, 1.54) is 34.8 Å². The standard InChI is InChI=1S/C51H60BClN10O11S2/c1-30-55-37(28-75-30)40(59-74-51(5,6)49(67)73-50(2,3)4)46(65)56-41-47(66)61-42(44-57-60-62(52)58-44)33(29-76(68)48(41)61)25-63(22-9-10-23-63)24-21-54-45(64)36-19-20-38(71-26-31-11-15-34(69-7)16-12-31)43(39(36)53)72-27-32-13-17-35(70-8)18-14-32/h11-20,28,41,48H,9-10,21-27,29,52H2,1-8H3,(H-,54,56,64,65)/p+1/b59-40-/t41-,48-,76?/m1/s1. The summed E-state index contributed by atoms with van der Waals surface area (Å²) in [5.41, 5.74) is 0.413. The monoisotopic (exact) mass is 1100 g/mol. The van der Waals surface area contributed by atoms with Crippen LogP contribution in [0.15, 0.2) is 76.8 Å². The number of carbonyl (C=O) groups is 4. The van der Waals surface area contributed by atoms with Crippen molar-refractivity contribution in [2.45, 2.75) is 90.2 Å². The number of likely N-dealkylation sites (tertiary alicyclic amines) is 1. The van der Waals surface area contributed by atoms with Gasteiger partial charge < -0.3 is 48.2 Å². The van der Waals surface area contributed by atoms with Gasteiger partial charge in [-0.3, -0.25) is 19.3 Å². The third-order valence-corrected chi connectivity index (χ3v) is 15.7. The van der Waals surface area contributed by atoms with Gasteiger partial charge in [-0.15, -0.1) is 21.5 Å². The molecule has 3 aromatic carbocycles. The summed E-state index contributed by atoms with van der Waals surface area (Å²) in [6, 6.07) is 16.9. The van der Waals surface area contributed by atoms with Gasteiger partial charge in [-0.2, -0.15) is 0 Å². The molecule has 5 aromatic rings. The Morgan fingerprint density at radius 3 is 2.18 bits per heavy atom. The van der Waals surface area contributed by atoms with Crippen LogP contribution in [0.4, 0.5) is 0 Å². The third-order valence-electron chi connectivity index (χ3n) is 12.9. The Morgan fingerprint density at radius 1 is 0.961 bits per heavy atom. The molecule has 25 heteroatoms. The number of nitrogens with one attached hydrogen (secondary N) is 2. The number of amides is 3. The number of thiazole rings is 1. The molecule has 2 aromatic heterocycles. The first kappa shape index (κ1) is 55.5. The van der Waals surface area contributed by atoms with E-state index in [0.29, 0.717) is 51.1 Å². The maximum Gasteiger partial charge on any atom is 0.353 e. The van der Waals surface area contributed by atoms with Crippen molar-refractivity contribution >= 4 is 77.2 Å². The number of benzene rings is 3. The third kappa shape index (κ3) is 12.7. The second-order valence-corrected chi connectivity index (χ2v) is 23.1. The minimum absolute atomic E-state index is 0.0436. The number of fused-ring (bicyclic) bond motifs is 1. The molecule has 0 saturated carbocycles. The van der Waals surface area contributed by atoms with Crippen LogP contribution in [0.5, 0.6) is 23.0 Å². The predicted molar refractivity (Wildman–Crippen MR) is 286 cm³/mol. The Bertz CT molecular complexity index is 3010. The van der Waals surface area contributed by atoms with Gasteiger partial charge in [-0.25, -0.2) is 14.5 Å². The topological polar surface area (TPSA) is 243 Å². The number of carbonyl (C=O) groups excluding carboxylic acids is 4. The van der Waals surface area contributed by atoms with Gasteiger partial charge in [0, 0.05) is 18.2 Å². The number of hydrogen-bond donors (Lipinski definition) is 2. The number of oxime groups is 1. The van der Waals surface area contributed by atoms with E-state index >= 15 is 0 Å². The lowest BCUT2D eigenvalue weighted by molar-refractivity contribution is -0.911. The largest absolute Gasteiger partial charge is 0.614 e. The summed E-state index contributed by atoms with van der Waals surface area (Å²) in [6.45, 7) is 12.8. The highest BCUT2D eigenvalue weighted by Crippen LogP contribution is 2.42. The van der Waals surface area contributed by atoms with Crippen LogP contribution in [0.25, 0.3) is 5.70 Å². The summed E-state index contributed by atoms with van der Waals surface area (Å²) in [5.74, 6) is -0.321. The molecule has 1 unspecified atom stereocenters. The fraction of sp³-hybridized carbons (Fsp3) is 0.431. The normalized spacial score (nSPS) is 18.3. The number of hydrogen-bond acceptors (Lipinski definition) is 17. The number of nitrogens with zero attached hydrogens (tertiary/aromatic N) is 8. The molecule has 3 aliphatic rings. The molecule has 2 fully saturated rings. The van der Waals surface area contributed by atoms with Crippen molar-refractivity contribution in [3.8, 4) is 23.0 Å². The van der Waals surface area contributed by atoms with E-state index in [1.54, 1.807) is 67.4 Å². The van der Waals surface area contributed by atoms with Crippen molar-refractivity contribution in [1.29, 1.82) is 0 Å². The van der Waals surface area contributed by atoms with Gasteiger partial charge >= 0.3 is 5.97 Å². The van der Waals surface area contributed by atoms with Crippen molar-refractivity contribution in [2.75, 3.05) is 52.7 Å². The average Bonchev–Trinajstić information content (AvgIpc) is 4.21. The van der Waals surface area contributed by atoms with Crippen LogP contribution in [0, 0.1) is 6.92 Å². The van der Waals surface area contributed by atoms with E-state index in [4.69, 9.17) is 40.1 Å². The number of rotatable bonds is 21. The zero-order chi connectivity index (χ0) is 54.5. The minimum Gasteiger partial charge on any atom is -0.614 e. The van der Waals surface area contributed by atoms with E-state index < -0.39 is 57.5 Å². The maximum atomic E-state index is 14.4. The van der Waals surface area contributed by atoms with Gasteiger partial charge in [-0.1, -0.05) is 46.2 Å². The molecule has 402 valence electrons. The number of quaternary nitrogens is 1. The number of aromatic nitrogens is 5. The van der Waals surface area contributed by atoms with Gasteiger partial charge in [0.25, 0.3) is 25.7 Å². The van der Waals surface area contributed by atoms with Crippen LogP contribution < -0.4 is 29.6 Å². The molecule has 3 amide bonds. The summed E-state index contributed by atoms with van der Waals surface area (Å²) < 4.78 is 44.8. The van der Waals surface area contributed by atoms with Crippen molar-refractivity contribution in [3.63, 3.8) is 0 Å². The van der Waals surface area contributed by atoms with Gasteiger partial charge in [0.05, 0.1) is 61.6 Å². The zero-order valence-corrected chi connectivity index (χ0v) is 46.2. The molecular formula is C51H61BClN10O11S2+. The number of methoxy groups -OCH3 is 2. The van der Waals surface area contributed by atoms with Crippen molar-refractivity contribution in [2.24, 2.45) is 5.16 Å². The molecule has 21 nitrogen and oxygen atoms in total. The quantitative estimate of drug-likeness (QED) is 0.0197. The van der Waals surface area contributed by atoms with Gasteiger partial charge in [0.2, 0.25) is 16.8 Å². The lowest BCUT2D eigenvalue weighted by Crippen LogP contribution is -2.74. The van der Waals surface area contributed by atoms with E-state index in [1.807, 2.05) is 48.5 Å². The second-order valence-electron chi connectivity index (χ2n) is 20.1. The van der Waals surface area contributed by atoms with Gasteiger partial charge in [-0.05, 0) is 100 Å². The summed E-state index contributed by atoms with van der Waals surface area (Å²) in [4.78, 5) is 67.0. The highest BCUT2D eigenvalue weighted by atomic mass is 35.5. The maximum absolute atomic E-state index is 14.4. The predicted octanol–water partition coefficient (Wildman–Crippen LogP) is 4.37. The summed E-state index contributed by atoms with van der Waals surface area (Å²) in [7, 11) is 4.80. The Labute approximate surface area is 453 Å². The first-order valence-electron chi connectivity index (χ1n) is 24.5. The molecule has 2 N–H and O–H groups in total. The molecule has 3 aliphatic heterocycles. The Morgan fingerprint density at radius 2 is 1.61 bits per heavy atom. The molecule has 0 spiro atoms. The lowest BCUT2D eigenvalue weighted by atomic mass is 10.0. The lowest BCUT2D eigenvalue weighted by Gasteiger charge is -2.50. The molecule has 3 atom stereocenters. The number of esters is 1. The average molecular weight is 1100 g/mol. The van der Waals surface area contributed by atoms with Crippen LogP contribution in [-0.2, 0) is 48.3 Å². The van der Waals surface area contributed by atoms with Crippen molar-refractivity contribution in [3.05, 3.63) is 110 Å². The molecule has 76 heavy (non-hydrogen) atoms. The first-order chi connectivity index (χ1) is 36.2. The van der Waals surface area contributed by atoms with Gasteiger partial charge in [0.15, 0.2) is 23.3 Å². The van der Waals surface area contributed by atoms with Crippen LogP contribution in [0.2, 0.25) is 5.02 Å². The fourth-order valence-corrected chi connectivity index (χ4v) is 11.5. The molecule has 0 aliphatic carbocycles. The van der Waals surface area contributed by atoms with Crippen LogP contribution in [0.3, 0.4) is 0 Å². The van der Waals surface area contributed by atoms with Gasteiger partial charge in [0.1, 0.15) is 54.0 Å². The number of ether oxygens (including phenoxy) is 5. The molecule has 8 rings (SSSR count). The summed E-state index contributed by atoms with van der Waals surface area (Å²) >= 11 is 6.58. The Hall–Kier alpha value is -6.73. The minimum atomic E-state index is -1.72. The first-order valence-corrected chi connectivity index (χ1v) is 27.2. The Kier molecular flexibility index (Phi) is 17.0. The molecular weight excluding hydrogens is 1040 g/mol. The van der Waals surface area contributed by atoms with E-state index in [0.717, 1.165) is 37.1 Å². The summed E-state index contributed by atoms with van der Waals surface area (Å²) in [5, 5.41) is 24.1. The highest BCUT2D eigenvalue weighted by molar-refractivity contribution is 7.92. The second kappa shape index (κ2) is 23.3. The number of halogens is 1. The SMILES string of the molecule is Bn1nnc(C2=C(C[N+]3(CCNC(=O)c4ccc(OCc5ccc(OC)cc5)c(OCc5ccc(OC)cc5)c4Cl)CCCC3)C[S+]([O-])[C@@H]3[C@H](NC(=O)/C(=N\OC(C)(C)C(=O)OC(C)(C)C)c4csc(C)n4)C(=O)N23)n1. The summed E-state index contributed by atoms with van der Waals surface area (Å²) in [6.07, 6.45) is 1.81. The smallest absolute Gasteiger partial charge is 0.353 e. The van der Waals surface area contributed by atoms with E-state index in [-0.39, 0.29) is 59.1 Å². The fourth-order valence-electron chi connectivity index (χ4n) is 8.95. The van der Waals surface area contributed by atoms with E-state index in [9.17, 15) is 23.7 Å². The molecule has 0 bridgehead atoms. The molecule has 2 saturated heterocycles. The van der Waals surface area contributed by atoms with Crippen LogP contribution in [0.1, 0.15) is 85.5 Å². The van der Waals surface area contributed by atoms with E-state index in [2.05, 4.69) is 36.2 Å². The van der Waals surface area contributed by atoms with Crippen LogP contribution >= 0.6 is 22.9 Å². The molecule has 5 heterocycles. The van der Waals surface area contributed by atoms with Crippen molar-refractivity contribution in [1.82, 2.24) is 40.6 Å². The number of β-lactam (4-membered cyclic amide) rings is 1.